The van der Waals surface area contributed by atoms with Gasteiger partial charge in [-0.3, -0.25) is 4.79 Å². The predicted molar refractivity (Wildman–Crippen MR) is 129 cm³/mol. The number of carbonyl (C=O) groups is 1. The molecule has 0 fully saturated rings. The molecule has 0 radical (unpaired) electrons. The number of amides is 1. The summed E-state index contributed by atoms with van der Waals surface area (Å²) in [5, 5.41) is 3.95. The summed E-state index contributed by atoms with van der Waals surface area (Å²) in [6.45, 7) is 3.60. The molecule has 174 valence electrons. The van der Waals surface area contributed by atoms with Crippen molar-refractivity contribution < 1.29 is 23.7 Å². The van der Waals surface area contributed by atoms with Crippen LogP contribution in [-0.4, -0.2) is 31.0 Å². The van der Waals surface area contributed by atoms with Crippen LogP contribution in [0.3, 0.4) is 0 Å². The smallest absolute Gasteiger partial charge is 0.268 e. The van der Waals surface area contributed by atoms with Crippen molar-refractivity contribution in [2.75, 3.05) is 20.5 Å². The van der Waals surface area contributed by atoms with E-state index in [1.807, 2.05) is 78.2 Å². The van der Waals surface area contributed by atoms with Gasteiger partial charge in [0.1, 0.15) is 17.2 Å². The molecular formula is C27H26N2O5. The maximum Gasteiger partial charge on any atom is 0.268 e. The maximum absolute atomic E-state index is 13.4. The average molecular weight is 459 g/mol. The van der Waals surface area contributed by atoms with Crippen LogP contribution in [0.15, 0.2) is 66.7 Å². The topological polar surface area (TPSA) is 71.0 Å². The number of aromatic nitrogens is 1. The summed E-state index contributed by atoms with van der Waals surface area (Å²) >= 11 is 0. The zero-order valence-electron chi connectivity index (χ0n) is 19.2. The third kappa shape index (κ3) is 4.24. The van der Waals surface area contributed by atoms with Gasteiger partial charge in [-0.2, -0.15) is 0 Å². The lowest BCUT2D eigenvalue weighted by Crippen LogP contribution is -2.25. The van der Waals surface area contributed by atoms with E-state index in [1.165, 1.54) is 0 Å². The molecule has 5 rings (SSSR count). The summed E-state index contributed by atoms with van der Waals surface area (Å²) in [6.07, 6.45) is 0. The lowest BCUT2D eigenvalue weighted by molar-refractivity contribution is 0.0942. The highest BCUT2D eigenvalue weighted by atomic mass is 16.7. The number of carbonyl (C=O) groups excluding carboxylic acids is 1. The Balaban J connectivity index is 1.47. The van der Waals surface area contributed by atoms with Crippen LogP contribution in [0.2, 0.25) is 0 Å². The molecule has 7 heteroatoms. The number of hydrogen-bond acceptors (Lipinski definition) is 5. The van der Waals surface area contributed by atoms with Gasteiger partial charge in [-0.1, -0.05) is 24.3 Å². The molecular weight excluding hydrogens is 432 g/mol. The summed E-state index contributed by atoms with van der Waals surface area (Å²) in [5.41, 5.74) is 3.46. The predicted octanol–water partition coefficient (Wildman–Crippen LogP) is 4.76. The van der Waals surface area contributed by atoms with Crippen LogP contribution in [-0.2, 0) is 13.1 Å². The molecule has 1 aliphatic rings. The van der Waals surface area contributed by atoms with Gasteiger partial charge in [0.15, 0.2) is 11.5 Å². The molecule has 4 aromatic rings. The zero-order valence-corrected chi connectivity index (χ0v) is 19.2. The van der Waals surface area contributed by atoms with E-state index in [0.29, 0.717) is 31.1 Å². The minimum Gasteiger partial charge on any atom is -0.497 e. The Morgan fingerprint density at radius 1 is 1.00 bits per heavy atom. The van der Waals surface area contributed by atoms with Gasteiger partial charge in [-0.15, -0.1) is 0 Å². The monoisotopic (exact) mass is 458 g/mol. The number of benzene rings is 3. The van der Waals surface area contributed by atoms with Crippen molar-refractivity contribution in [2.24, 2.45) is 0 Å². The van der Waals surface area contributed by atoms with E-state index in [9.17, 15) is 4.79 Å². The quantitative estimate of drug-likeness (QED) is 0.412. The van der Waals surface area contributed by atoms with Crippen molar-refractivity contribution in [3.63, 3.8) is 0 Å². The van der Waals surface area contributed by atoms with Crippen LogP contribution < -0.4 is 24.3 Å². The second kappa shape index (κ2) is 9.39. The van der Waals surface area contributed by atoms with Crippen LogP contribution in [0.1, 0.15) is 28.5 Å². The SMILES string of the molecule is CCOc1cccc2c1cc(C(=O)NCc1ccc3c(c1)OCO3)n2Cc1cccc(OC)c1. The van der Waals surface area contributed by atoms with E-state index < -0.39 is 0 Å². The third-order valence-corrected chi connectivity index (χ3v) is 5.80. The number of ether oxygens (including phenoxy) is 4. The van der Waals surface area contributed by atoms with Crippen molar-refractivity contribution in [3.05, 3.63) is 83.6 Å². The molecule has 1 aliphatic heterocycles. The molecule has 2 heterocycles. The first-order valence-corrected chi connectivity index (χ1v) is 11.2. The highest BCUT2D eigenvalue weighted by Crippen LogP contribution is 2.33. The summed E-state index contributed by atoms with van der Waals surface area (Å²) in [4.78, 5) is 13.4. The first-order valence-electron chi connectivity index (χ1n) is 11.2. The molecule has 34 heavy (non-hydrogen) atoms. The molecule has 1 aromatic heterocycles. The Bertz CT molecular complexity index is 1340. The number of fused-ring (bicyclic) bond motifs is 2. The molecule has 0 unspecified atom stereocenters. The number of hydrogen-bond donors (Lipinski definition) is 1. The molecule has 0 bridgehead atoms. The molecule has 1 amide bonds. The van der Waals surface area contributed by atoms with E-state index in [-0.39, 0.29) is 12.7 Å². The van der Waals surface area contributed by atoms with Gasteiger partial charge in [0.2, 0.25) is 6.79 Å². The Kier molecular flexibility index (Phi) is 5.99. The minimum atomic E-state index is -0.167. The second-order valence-electron chi connectivity index (χ2n) is 7.96. The van der Waals surface area contributed by atoms with E-state index in [2.05, 4.69) is 5.32 Å². The maximum atomic E-state index is 13.4. The molecule has 3 aromatic carbocycles. The van der Waals surface area contributed by atoms with Gasteiger partial charge in [0, 0.05) is 18.5 Å². The number of rotatable bonds is 8. The van der Waals surface area contributed by atoms with E-state index >= 15 is 0 Å². The fourth-order valence-electron chi connectivity index (χ4n) is 4.17. The molecule has 7 nitrogen and oxygen atoms in total. The highest BCUT2D eigenvalue weighted by Gasteiger charge is 2.19. The van der Waals surface area contributed by atoms with Crippen molar-refractivity contribution >= 4 is 16.8 Å². The Labute approximate surface area is 197 Å². The normalized spacial score (nSPS) is 12.1. The van der Waals surface area contributed by atoms with Crippen LogP contribution in [0, 0.1) is 0 Å². The standard InChI is InChI=1S/C27H26N2O5/c1-3-32-24-9-5-8-22-21(24)14-23(29(22)16-19-6-4-7-20(12-19)31-2)27(30)28-15-18-10-11-25-26(13-18)34-17-33-25/h4-14H,3,15-17H2,1-2H3,(H,28,30). The van der Waals surface area contributed by atoms with Crippen LogP contribution >= 0.6 is 0 Å². The van der Waals surface area contributed by atoms with Gasteiger partial charge in [0.05, 0.1) is 19.2 Å². The van der Waals surface area contributed by atoms with Crippen molar-refractivity contribution in [3.8, 4) is 23.0 Å². The van der Waals surface area contributed by atoms with Gasteiger partial charge < -0.3 is 28.8 Å². The molecule has 0 saturated carbocycles. The van der Waals surface area contributed by atoms with Crippen LogP contribution in [0.25, 0.3) is 10.9 Å². The van der Waals surface area contributed by atoms with E-state index in [1.54, 1.807) is 7.11 Å². The number of nitrogens with one attached hydrogen (secondary N) is 1. The van der Waals surface area contributed by atoms with E-state index in [4.69, 9.17) is 18.9 Å². The number of methoxy groups -OCH3 is 1. The van der Waals surface area contributed by atoms with Crippen molar-refractivity contribution in [2.45, 2.75) is 20.0 Å². The molecule has 0 aliphatic carbocycles. The second-order valence-corrected chi connectivity index (χ2v) is 7.96. The minimum absolute atomic E-state index is 0.167. The fourth-order valence-corrected chi connectivity index (χ4v) is 4.17. The Morgan fingerprint density at radius 2 is 1.85 bits per heavy atom. The van der Waals surface area contributed by atoms with Gasteiger partial charge in [-0.05, 0) is 60.5 Å². The lowest BCUT2D eigenvalue weighted by Gasteiger charge is -2.13. The average Bonchev–Trinajstić information content (AvgIpc) is 3.48. The van der Waals surface area contributed by atoms with Crippen molar-refractivity contribution in [1.82, 2.24) is 9.88 Å². The zero-order chi connectivity index (χ0) is 23.5. The summed E-state index contributed by atoms with van der Waals surface area (Å²) < 4.78 is 24.0. The molecule has 1 N–H and O–H groups in total. The summed E-state index contributed by atoms with van der Waals surface area (Å²) in [6, 6.07) is 21.3. The van der Waals surface area contributed by atoms with E-state index in [0.717, 1.165) is 39.3 Å². The largest absolute Gasteiger partial charge is 0.497 e. The first-order chi connectivity index (χ1) is 16.7. The summed E-state index contributed by atoms with van der Waals surface area (Å²) in [7, 11) is 1.65. The Morgan fingerprint density at radius 3 is 2.71 bits per heavy atom. The molecule has 0 spiro atoms. The lowest BCUT2D eigenvalue weighted by atomic mass is 10.2. The third-order valence-electron chi connectivity index (χ3n) is 5.80. The molecule has 0 saturated heterocycles. The first kappa shape index (κ1) is 21.7. The van der Waals surface area contributed by atoms with Gasteiger partial charge >= 0.3 is 0 Å². The highest BCUT2D eigenvalue weighted by molar-refractivity contribution is 6.00. The van der Waals surface area contributed by atoms with Gasteiger partial charge in [-0.25, -0.2) is 0 Å². The van der Waals surface area contributed by atoms with Gasteiger partial charge in [0.25, 0.3) is 5.91 Å². The fraction of sp³-hybridized carbons (Fsp3) is 0.222. The van der Waals surface area contributed by atoms with Crippen molar-refractivity contribution in [1.29, 1.82) is 0 Å². The molecule has 0 atom stereocenters. The van der Waals surface area contributed by atoms with Crippen LogP contribution in [0.5, 0.6) is 23.0 Å². The summed E-state index contributed by atoms with van der Waals surface area (Å²) in [5.74, 6) is 2.78. The Hall–Kier alpha value is -4.13. The van der Waals surface area contributed by atoms with Crippen LogP contribution in [0.4, 0.5) is 0 Å². The number of nitrogens with zero attached hydrogens (tertiary/aromatic N) is 1.